The molecule has 0 fully saturated rings. The molecule has 1 unspecified atom stereocenters. The van der Waals surface area contributed by atoms with Crippen LogP contribution < -0.4 is 0 Å². The monoisotopic (exact) mass is 420 g/mol. The summed E-state index contributed by atoms with van der Waals surface area (Å²) in [7, 11) is 0. The SMILES string of the molecule is Clc1ccc(C(Cn2ccnc2)OCc2cc(Cl)sc2Cl)c(Cl)c1. The lowest BCUT2D eigenvalue weighted by Gasteiger charge is -2.20. The van der Waals surface area contributed by atoms with Gasteiger partial charge >= 0.3 is 0 Å². The first kappa shape index (κ1) is 18.1. The molecule has 0 aliphatic heterocycles. The molecule has 126 valence electrons. The number of thiophene rings is 1. The van der Waals surface area contributed by atoms with Gasteiger partial charge in [-0.1, -0.05) is 52.5 Å². The first-order valence-electron chi connectivity index (χ1n) is 6.99. The highest BCUT2D eigenvalue weighted by atomic mass is 35.5. The van der Waals surface area contributed by atoms with Crippen molar-refractivity contribution in [3.63, 3.8) is 0 Å². The van der Waals surface area contributed by atoms with Crippen LogP contribution in [-0.2, 0) is 17.9 Å². The summed E-state index contributed by atoms with van der Waals surface area (Å²) in [5, 5.41) is 1.14. The molecular formula is C16H12Cl4N2OS. The molecule has 0 radical (unpaired) electrons. The van der Waals surface area contributed by atoms with Crippen LogP contribution in [0.5, 0.6) is 0 Å². The van der Waals surface area contributed by atoms with Crippen molar-refractivity contribution < 1.29 is 4.74 Å². The van der Waals surface area contributed by atoms with Crippen LogP contribution in [0.3, 0.4) is 0 Å². The molecular weight excluding hydrogens is 410 g/mol. The summed E-state index contributed by atoms with van der Waals surface area (Å²) in [4.78, 5) is 4.06. The molecule has 1 atom stereocenters. The maximum atomic E-state index is 6.35. The average Bonchev–Trinajstić information content (AvgIpc) is 3.13. The maximum Gasteiger partial charge on any atom is 0.102 e. The molecule has 2 aromatic heterocycles. The van der Waals surface area contributed by atoms with E-state index in [4.69, 9.17) is 51.1 Å². The predicted molar refractivity (Wildman–Crippen MR) is 101 cm³/mol. The zero-order valence-electron chi connectivity index (χ0n) is 12.3. The van der Waals surface area contributed by atoms with Crippen LogP contribution in [0.25, 0.3) is 0 Å². The highest BCUT2D eigenvalue weighted by Gasteiger charge is 2.18. The largest absolute Gasteiger partial charge is 0.367 e. The zero-order valence-corrected chi connectivity index (χ0v) is 16.1. The molecule has 0 spiro atoms. The van der Waals surface area contributed by atoms with Crippen molar-refractivity contribution in [2.24, 2.45) is 0 Å². The Balaban J connectivity index is 1.82. The van der Waals surface area contributed by atoms with Gasteiger partial charge in [-0.25, -0.2) is 4.98 Å². The minimum atomic E-state index is -0.279. The van der Waals surface area contributed by atoms with Crippen molar-refractivity contribution >= 4 is 57.7 Å². The summed E-state index contributed by atoms with van der Waals surface area (Å²) < 4.78 is 9.28. The summed E-state index contributed by atoms with van der Waals surface area (Å²) in [5.41, 5.74) is 1.71. The standard InChI is InChI=1S/C16H12Cl4N2OS/c17-11-1-2-12(13(18)6-11)14(7-22-4-3-21-9-22)23-8-10-5-15(19)24-16(10)20/h1-6,9,14H,7-8H2. The fourth-order valence-corrected chi connectivity index (χ4v) is 4.24. The first-order valence-corrected chi connectivity index (χ1v) is 9.32. The molecule has 0 saturated carbocycles. The summed E-state index contributed by atoms with van der Waals surface area (Å²) >= 11 is 25.8. The maximum absolute atomic E-state index is 6.35. The van der Waals surface area contributed by atoms with Crippen molar-refractivity contribution in [1.82, 2.24) is 9.55 Å². The van der Waals surface area contributed by atoms with Crippen molar-refractivity contribution in [3.05, 3.63) is 72.8 Å². The predicted octanol–water partition coefficient (Wildman–Crippen LogP) is 6.52. The number of hydrogen-bond acceptors (Lipinski definition) is 3. The topological polar surface area (TPSA) is 27.1 Å². The number of halogens is 4. The third kappa shape index (κ3) is 4.45. The second-order valence-corrected chi connectivity index (χ2v) is 8.20. The molecule has 1 aromatic carbocycles. The lowest BCUT2D eigenvalue weighted by Crippen LogP contribution is -2.12. The van der Waals surface area contributed by atoms with E-state index >= 15 is 0 Å². The Labute approximate surface area is 163 Å². The Morgan fingerprint density at radius 2 is 2.00 bits per heavy atom. The number of nitrogens with zero attached hydrogens (tertiary/aromatic N) is 2. The van der Waals surface area contributed by atoms with Gasteiger partial charge < -0.3 is 9.30 Å². The minimum absolute atomic E-state index is 0.279. The second kappa shape index (κ2) is 8.09. The van der Waals surface area contributed by atoms with E-state index in [0.29, 0.717) is 31.9 Å². The summed E-state index contributed by atoms with van der Waals surface area (Å²) in [6.07, 6.45) is 5.04. The van der Waals surface area contributed by atoms with Gasteiger partial charge in [-0.15, -0.1) is 11.3 Å². The van der Waals surface area contributed by atoms with Gasteiger partial charge in [0, 0.05) is 33.6 Å². The molecule has 0 saturated heterocycles. The Kier molecular flexibility index (Phi) is 6.08. The lowest BCUT2D eigenvalue weighted by atomic mass is 10.1. The van der Waals surface area contributed by atoms with E-state index in [1.165, 1.54) is 11.3 Å². The van der Waals surface area contributed by atoms with Gasteiger partial charge in [0.1, 0.15) is 6.10 Å². The van der Waals surface area contributed by atoms with Crippen molar-refractivity contribution in [2.75, 3.05) is 0 Å². The van der Waals surface area contributed by atoms with Crippen LogP contribution in [0, 0.1) is 0 Å². The molecule has 0 amide bonds. The number of ether oxygens (including phenoxy) is 1. The van der Waals surface area contributed by atoms with E-state index in [0.717, 1.165) is 11.1 Å². The molecule has 8 heteroatoms. The summed E-state index contributed by atoms with van der Waals surface area (Å²) in [6, 6.07) is 7.18. The van der Waals surface area contributed by atoms with Crippen molar-refractivity contribution in [2.45, 2.75) is 19.3 Å². The number of hydrogen-bond donors (Lipinski definition) is 0. The van der Waals surface area contributed by atoms with E-state index in [2.05, 4.69) is 4.98 Å². The van der Waals surface area contributed by atoms with Crippen molar-refractivity contribution in [1.29, 1.82) is 0 Å². The van der Waals surface area contributed by atoms with Gasteiger partial charge in [-0.3, -0.25) is 0 Å². The Morgan fingerprint density at radius 3 is 2.62 bits per heavy atom. The van der Waals surface area contributed by atoms with Crippen LogP contribution in [0.4, 0.5) is 0 Å². The van der Waals surface area contributed by atoms with Gasteiger partial charge in [0.25, 0.3) is 0 Å². The third-order valence-electron chi connectivity index (χ3n) is 3.41. The zero-order chi connectivity index (χ0) is 17.1. The Hall–Kier alpha value is -0.750. The highest BCUT2D eigenvalue weighted by Crippen LogP contribution is 2.34. The molecule has 24 heavy (non-hydrogen) atoms. The third-order valence-corrected chi connectivity index (χ3v) is 5.54. The Morgan fingerprint density at radius 1 is 1.17 bits per heavy atom. The molecule has 2 heterocycles. The smallest absolute Gasteiger partial charge is 0.102 e. The fraction of sp³-hybridized carbons (Fsp3) is 0.188. The van der Waals surface area contributed by atoms with E-state index in [9.17, 15) is 0 Å². The van der Waals surface area contributed by atoms with Gasteiger partial charge in [0.2, 0.25) is 0 Å². The number of benzene rings is 1. The van der Waals surface area contributed by atoms with E-state index in [1.807, 2.05) is 22.9 Å². The summed E-state index contributed by atoms with van der Waals surface area (Å²) in [5.74, 6) is 0. The minimum Gasteiger partial charge on any atom is -0.367 e. The van der Waals surface area contributed by atoms with Crippen LogP contribution in [0.15, 0.2) is 43.0 Å². The lowest BCUT2D eigenvalue weighted by molar-refractivity contribution is 0.0282. The number of rotatable bonds is 6. The fourth-order valence-electron chi connectivity index (χ4n) is 2.25. The number of imidazole rings is 1. The Bertz CT molecular complexity index is 820. The van der Waals surface area contributed by atoms with Gasteiger partial charge in [0.05, 0.1) is 28.2 Å². The molecule has 3 nitrogen and oxygen atoms in total. The molecule has 3 rings (SSSR count). The van der Waals surface area contributed by atoms with Gasteiger partial charge in [0.15, 0.2) is 0 Å². The van der Waals surface area contributed by atoms with Crippen LogP contribution in [-0.4, -0.2) is 9.55 Å². The van der Waals surface area contributed by atoms with E-state index in [1.54, 1.807) is 24.7 Å². The molecule has 0 bridgehead atoms. The van der Waals surface area contributed by atoms with Crippen molar-refractivity contribution in [3.8, 4) is 0 Å². The first-order chi connectivity index (χ1) is 11.5. The van der Waals surface area contributed by atoms with Crippen LogP contribution in [0.2, 0.25) is 18.7 Å². The second-order valence-electron chi connectivity index (χ2n) is 5.07. The molecule has 0 aliphatic rings. The van der Waals surface area contributed by atoms with E-state index < -0.39 is 0 Å². The molecule has 3 aromatic rings. The quantitative estimate of drug-likeness (QED) is 0.453. The van der Waals surface area contributed by atoms with Crippen LogP contribution >= 0.6 is 57.7 Å². The average molecular weight is 422 g/mol. The summed E-state index contributed by atoms with van der Waals surface area (Å²) in [6.45, 7) is 0.900. The highest BCUT2D eigenvalue weighted by molar-refractivity contribution is 7.20. The number of aromatic nitrogens is 2. The molecule has 0 aliphatic carbocycles. The molecule has 0 N–H and O–H groups in total. The normalized spacial score (nSPS) is 12.5. The van der Waals surface area contributed by atoms with E-state index in [-0.39, 0.29) is 6.10 Å². The van der Waals surface area contributed by atoms with Gasteiger partial charge in [-0.2, -0.15) is 0 Å². The van der Waals surface area contributed by atoms with Gasteiger partial charge in [-0.05, 0) is 18.2 Å². The van der Waals surface area contributed by atoms with Crippen LogP contribution in [0.1, 0.15) is 17.2 Å².